The second-order valence-corrected chi connectivity index (χ2v) is 1.24. The summed E-state index contributed by atoms with van der Waals surface area (Å²) in [6.07, 6.45) is 3.54. The van der Waals surface area contributed by atoms with Crippen LogP contribution in [-0.4, -0.2) is 21.2 Å². The number of carboxylic acid groups (broad SMARTS) is 1. The average molecular weight is 141 g/mol. The van der Waals surface area contributed by atoms with Crippen LogP contribution in [0.15, 0.2) is 24.8 Å². The SMILES string of the molecule is NC(=O)O.c1cncnc1. The van der Waals surface area contributed by atoms with Crippen molar-refractivity contribution < 1.29 is 9.90 Å². The van der Waals surface area contributed by atoms with Crippen molar-refractivity contribution in [1.82, 2.24) is 9.97 Å². The fraction of sp³-hybridized carbons (Fsp3) is 0. The van der Waals surface area contributed by atoms with E-state index in [9.17, 15) is 0 Å². The lowest BCUT2D eigenvalue weighted by Crippen LogP contribution is -2.03. The van der Waals surface area contributed by atoms with Gasteiger partial charge in [0.15, 0.2) is 0 Å². The van der Waals surface area contributed by atoms with Crippen LogP contribution in [0.1, 0.15) is 0 Å². The minimum Gasteiger partial charge on any atom is -0.465 e. The maximum Gasteiger partial charge on any atom is 0.402 e. The number of carbonyl (C=O) groups is 1. The molecule has 0 fully saturated rings. The Morgan fingerprint density at radius 1 is 1.40 bits per heavy atom. The molecule has 0 atom stereocenters. The second-order valence-electron chi connectivity index (χ2n) is 1.24. The molecule has 1 rings (SSSR count). The maximum atomic E-state index is 8.78. The Bertz CT molecular complexity index is 147. The standard InChI is InChI=1S/C4H4N2.CH3NO2/c1-2-5-4-6-3-1;2-1(3)4/h1-4H;2H2,(H,3,4). The Morgan fingerprint density at radius 2 is 1.80 bits per heavy atom. The predicted molar refractivity (Wildman–Crippen MR) is 34.2 cm³/mol. The van der Waals surface area contributed by atoms with Crippen LogP contribution in [0.2, 0.25) is 0 Å². The van der Waals surface area contributed by atoms with Crippen molar-refractivity contribution in [3.05, 3.63) is 24.8 Å². The molecule has 3 N–H and O–H groups in total. The van der Waals surface area contributed by atoms with Crippen LogP contribution in [0.3, 0.4) is 0 Å². The highest BCUT2D eigenvalue weighted by Crippen LogP contribution is 1.66. The Balaban J connectivity index is 0.000000180. The first-order valence-electron chi connectivity index (χ1n) is 2.42. The molecule has 1 aromatic rings. The van der Waals surface area contributed by atoms with Gasteiger partial charge in [0.2, 0.25) is 0 Å². The van der Waals surface area contributed by atoms with Gasteiger partial charge in [-0.25, -0.2) is 14.8 Å². The van der Waals surface area contributed by atoms with Gasteiger partial charge in [0.25, 0.3) is 0 Å². The monoisotopic (exact) mass is 141 g/mol. The van der Waals surface area contributed by atoms with Gasteiger partial charge in [-0.15, -0.1) is 0 Å². The van der Waals surface area contributed by atoms with Gasteiger partial charge in [-0.1, -0.05) is 0 Å². The van der Waals surface area contributed by atoms with Gasteiger partial charge < -0.3 is 10.8 Å². The largest absolute Gasteiger partial charge is 0.465 e. The van der Waals surface area contributed by atoms with Crippen LogP contribution in [-0.2, 0) is 0 Å². The van der Waals surface area contributed by atoms with Gasteiger partial charge in [0, 0.05) is 12.4 Å². The second kappa shape index (κ2) is 5.49. The Morgan fingerprint density at radius 3 is 1.90 bits per heavy atom. The number of nitrogens with zero attached hydrogens (tertiary/aromatic N) is 2. The lowest BCUT2D eigenvalue weighted by atomic mass is 10.7. The molecular weight excluding hydrogens is 134 g/mol. The molecule has 0 unspecified atom stereocenters. The van der Waals surface area contributed by atoms with E-state index < -0.39 is 6.09 Å². The molecule has 0 bridgehead atoms. The zero-order valence-electron chi connectivity index (χ0n) is 5.14. The molecule has 10 heavy (non-hydrogen) atoms. The van der Waals surface area contributed by atoms with Crippen molar-refractivity contribution in [3.63, 3.8) is 0 Å². The molecule has 54 valence electrons. The number of aromatic nitrogens is 2. The molecule has 1 aromatic heterocycles. The normalized spacial score (nSPS) is 7.20. The quantitative estimate of drug-likeness (QED) is 0.536. The predicted octanol–water partition coefficient (Wildman–Crippen LogP) is 0.0997. The third-order valence-electron chi connectivity index (χ3n) is 0.478. The third kappa shape index (κ3) is 9.61. The first kappa shape index (κ1) is 8.35. The van der Waals surface area contributed by atoms with E-state index in [4.69, 9.17) is 9.90 Å². The zero-order chi connectivity index (χ0) is 7.82. The fourth-order valence-electron chi connectivity index (χ4n) is 0.253. The van der Waals surface area contributed by atoms with E-state index in [2.05, 4.69) is 15.7 Å². The number of nitrogens with two attached hydrogens (primary N) is 1. The summed E-state index contributed by atoms with van der Waals surface area (Å²) in [4.78, 5) is 16.1. The summed E-state index contributed by atoms with van der Waals surface area (Å²) in [6.45, 7) is 0. The van der Waals surface area contributed by atoms with Gasteiger partial charge in [0.05, 0.1) is 0 Å². The van der Waals surface area contributed by atoms with Gasteiger partial charge in [-0.05, 0) is 6.07 Å². The number of hydrogen-bond donors (Lipinski definition) is 2. The third-order valence-corrected chi connectivity index (χ3v) is 0.478. The van der Waals surface area contributed by atoms with E-state index in [0.717, 1.165) is 0 Å². The average Bonchev–Trinajstić information content (AvgIpc) is 1.90. The van der Waals surface area contributed by atoms with Crippen LogP contribution in [0, 0.1) is 0 Å². The molecule has 0 aromatic carbocycles. The first-order valence-corrected chi connectivity index (χ1v) is 2.42. The summed E-state index contributed by atoms with van der Waals surface area (Å²) in [6, 6.07) is 1.78. The van der Waals surface area contributed by atoms with Crippen LogP contribution < -0.4 is 5.73 Å². The molecule has 0 aliphatic rings. The maximum absolute atomic E-state index is 8.78. The summed E-state index contributed by atoms with van der Waals surface area (Å²) in [5.74, 6) is 0. The van der Waals surface area contributed by atoms with Crippen LogP contribution >= 0.6 is 0 Å². The minimum atomic E-state index is -1.33. The Kier molecular flexibility index (Phi) is 4.58. The van der Waals surface area contributed by atoms with E-state index in [0.29, 0.717) is 0 Å². The molecule has 1 heterocycles. The molecule has 0 radical (unpaired) electrons. The molecule has 1 amide bonds. The minimum absolute atomic E-state index is 1.33. The molecule has 0 aliphatic heterocycles. The van der Waals surface area contributed by atoms with E-state index in [1.54, 1.807) is 18.5 Å². The van der Waals surface area contributed by atoms with Crippen LogP contribution in [0.5, 0.6) is 0 Å². The van der Waals surface area contributed by atoms with Crippen molar-refractivity contribution in [2.75, 3.05) is 0 Å². The van der Waals surface area contributed by atoms with Crippen molar-refractivity contribution in [2.45, 2.75) is 0 Å². The molecular formula is C5H7N3O2. The summed E-state index contributed by atoms with van der Waals surface area (Å²) in [5, 5.41) is 7.19. The van der Waals surface area contributed by atoms with Crippen molar-refractivity contribution >= 4 is 6.09 Å². The number of hydrogen-bond acceptors (Lipinski definition) is 3. The summed E-state index contributed by atoms with van der Waals surface area (Å²) >= 11 is 0. The molecule has 0 spiro atoms. The highest BCUT2D eigenvalue weighted by Gasteiger charge is 1.65. The fourth-order valence-corrected chi connectivity index (χ4v) is 0.253. The molecule has 5 nitrogen and oxygen atoms in total. The Labute approximate surface area is 57.5 Å². The van der Waals surface area contributed by atoms with E-state index in [1.807, 2.05) is 0 Å². The van der Waals surface area contributed by atoms with Crippen molar-refractivity contribution in [2.24, 2.45) is 5.73 Å². The van der Waals surface area contributed by atoms with Crippen molar-refractivity contribution in [1.29, 1.82) is 0 Å². The van der Waals surface area contributed by atoms with Gasteiger partial charge >= 0.3 is 6.09 Å². The highest BCUT2D eigenvalue weighted by molar-refractivity contribution is 5.61. The Hall–Kier alpha value is -1.65. The topological polar surface area (TPSA) is 89.1 Å². The molecule has 0 aliphatic carbocycles. The van der Waals surface area contributed by atoms with E-state index >= 15 is 0 Å². The van der Waals surface area contributed by atoms with Crippen molar-refractivity contribution in [3.8, 4) is 0 Å². The van der Waals surface area contributed by atoms with Crippen LogP contribution in [0.25, 0.3) is 0 Å². The van der Waals surface area contributed by atoms with E-state index in [1.165, 1.54) is 6.33 Å². The molecule has 0 saturated heterocycles. The lowest BCUT2D eigenvalue weighted by molar-refractivity contribution is 0.205. The number of primary amides is 1. The lowest BCUT2D eigenvalue weighted by Gasteiger charge is -1.70. The number of rotatable bonds is 0. The molecule has 0 saturated carbocycles. The summed E-state index contributed by atoms with van der Waals surface area (Å²) in [5.41, 5.74) is 4.03. The zero-order valence-corrected chi connectivity index (χ0v) is 5.14. The highest BCUT2D eigenvalue weighted by atomic mass is 16.4. The molecule has 5 heteroatoms. The summed E-state index contributed by atoms with van der Waals surface area (Å²) < 4.78 is 0. The van der Waals surface area contributed by atoms with E-state index in [-0.39, 0.29) is 0 Å². The van der Waals surface area contributed by atoms with Crippen LogP contribution in [0.4, 0.5) is 4.79 Å². The number of amides is 1. The van der Waals surface area contributed by atoms with Gasteiger partial charge in [0.1, 0.15) is 6.33 Å². The summed E-state index contributed by atoms with van der Waals surface area (Å²) in [7, 11) is 0. The first-order chi connectivity index (χ1) is 4.73. The van der Waals surface area contributed by atoms with Gasteiger partial charge in [-0.2, -0.15) is 0 Å². The smallest absolute Gasteiger partial charge is 0.402 e. The van der Waals surface area contributed by atoms with Gasteiger partial charge in [-0.3, -0.25) is 0 Å².